The first-order valence-corrected chi connectivity index (χ1v) is 15.8. The number of hydrogen-bond acceptors (Lipinski definition) is 2. The molecule has 8 aromatic carbocycles. The molecule has 0 aliphatic carbocycles. The van der Waals surface area contributed by atoms with Gasteiger partial charge in [-0.1, -0.05) is 121 Å². The van der Waals surface area contributed by atoms with Crippen molar-refractivity contribution < 1.29 is 0 Å². The largest absolute Gasteiger partial charge is 0.310 e. The van der Waals surface area contributed by atoms with Gasteiger partial charge >= 0.3 is 0 Å². The molecule has 9 aromatic rings. The van der Waals surface area contributed by atoms with Crippen molar-refractivity contribution in [1.82, 2.24) is 0 Å². The molecule has 0 unspecified atom stereocenters. The molecule has 0 saturated carbocycles. The van der Waals surface area contributed by atoms with Crippen LogP contribution in [0.3, 0.4) is 0 Å². The second-order valence-electron chi connectivity index (χ2n) is 11.4. The maximum Gasteiger partial charge on any atom is 0.0468 e. The highest BCUT2D eigenvalue weighted by Crippen LogP contribution is 2.42. The molecule has 0 radical (unpaired) electrons. The minimum absolute atomic E-state index is 1.13. The van der Waals surface area contributed by atoms with Crippen LogP contribution in [0.15, 0.2) is 164 Å². The van der Waals surface area contributed by atoms with Gasteiger partial charge in [-0.15, -0.1) is 11.3 Å². The van der Waals surface area contributed by atoms with E-state index in [1.54, 1.807) is 0 Å². The molecular formula is C42H27NS. The minimum Gasteiger partial charge on any atom is -0.310 e. The predicted molar refractivity (Wildman–Crippen MR) is 192 cm³/mol. The number of anilines is 3. The summed E-state index contributed by atoms with van der Waals surface area (Å²) >= 11 is 1.88. The van der Waals surface area contributed by atoms with Crippen LogP contribution in [0.4, 0.5) is 17.1 Å². The van der Waals surface area contributed by atoms with Gasteiger partial charge in [-0.2, -0.15) is 0 Å². The summed E-state index contributed by atoms with van der Waals surface area (Å²) in [7, 11) is 0. The van der Waals surface area contributed by atoms with Gasteiger partial charge in [0.2, 0.25) is 0 Å². The summed E-state index contributed by atoms with van der Waals surface area (Å²) in [6, 6.07) is 59.7. The molecule has 0 bridgehead atoms. The Bertz CT molecular complexity index is 2490. The van der Waals surface area contributed by atoms with Gasteiger partial charge in [-0.05, 0) is 85.9 Å². The minimum atomic E-state index is 1.13. The summed E-state index contributed by atoms with van der Waals surface area (Å²) in [6.07, 6.45) is 0. The van der Waals surface area contributed by atoms with Crippen LogP contribution in [-0.2, 0) is 0 Å². The van der Waals surface area contributed by atoms with Gasteiger partial charge in [-0.3, -0.25) is 0 Å². The number of hydrogen-bond donors (Lipinski definition) is 0. The molecule has 0 amide bonds. The Morgan fingerprint density at radius 2 is 0.977 bits per heavy atom. The van der Waals surface area contributed by atoms with E-state index >= 15 is 0 Å². The quantitative estimate of drug-likeness (QED) is 0.188. The first kappa shape index (κ1) is 25.1. The first-order valence-electron chi connectivity index (χ1n) is 15.0. The van der Waals surface area contributed by atoms with Gasteiger partial charge in [0.05, 0.1) is 0 Å². The lowest BCUT2D eigenvalue weighted by molar-refractivity contribution is 1.29. The molecule has 206 valence electrons. The fourth-order valence-corrected chi connectivity index (χ4v) is 7.98. The Hall–Kier alpha value is -5.44. The molecule has 1 aromatic heterocycles. The molecule has 0 spiro atoms. The fraction of sp³-hybridized carbons (Fsp3) is 0. The number of thiophene rings is 1. The molecule has 0 aliphatic heterocycles. The number of fused-ring (bicyclic) bond motifs is 8. The van der Waals surface area contributed by atoms with Crippen LogP contribution in [0.1, 0.15) is 0 Å². The van der Waals surface area contributed by atoms with Crippen molar-refractivity contribution in [3.05, 3.63) is 164 Å². The molecule has 44 heavy (non-hydrogen) atoms. The fourth-order valence-electron chi connectivity index (χ4n) is 6.74. The normalized spacial score (nSPS) is 11.6. The molecule has 0 aliphatic rings. The highest BCUT2D eigenvalue weighted by atomic mass is 32.1. The van der Waals surface area contributed by atoms with Crippen molar-refractivity contribution in [2.75, 3.05) is 4.90 Å². The smallest absolute Gasteiger partial charge is 0.0468 e. The van der Waals surface area contributed by atoms with Gasteiger partial charge in [-0.25, -0.2) is 0 Å². The molecular weight excluding hydrogens is 551 g/mol. The topological polar surface area (TPSA) is 3.24 Å². The van der Waals surface area contributed by atoms with E-state index in [0.717, 1.165) is 17.1 Å². The van der Waals surface area contributed by atoms with E-state index in [0.29, 0.717) is 0 Å². The molecule has 0 N–H and O–H groups in total. The lowest BCUT2D eigenvalue weighted by Crippen LogP contribution is -2.09. The second kappa shape index (κ2) is 10.1. The van der Waals surface area contributed by atoms with Crippen LogP contribution in [-0.4, -0.2) is 0 Å². The Balaban J connectivity index is 1.16. The van der Waals surface area contributed by atoms with Crippen molar-refractivity contribution >= 4 is 80.9 Å². The standard InChI is InChI=1S/C42H27NS/c1-2-10-31(11-3-1)43(33-23-26-35-30(27-33)20-25-37-34-12-5-4-9-28(34)19-24-38(35)37)32-21-17-29(18-22-32)36-14-8-15-40-39-13-6-7-16-41(39)44-42(36)40/h1-27H. The molecule has 0 atom stereocenters. The van der Waals surface area contributed by atoms with Crippen molar-refractivity contribution in [3.8, 4) is 11.1 Å². The second-order valence-corrected chi connectivity index (χ2v) is 12.4. The summed E-state index contributed by atoms with van der Waals surface area (Å²) in [6.45, 7) is 0. The number of rotatable bonds is 4. The first-order chi connectivity index (χ1) is 21.8. The van der Waals surface area contributed by atoms with Crippen LogP contribution in [0.25, 0.3) is 63.6 Å². The Kier molecular flexibility index (Phi) is 5.75. The monoisotopic (exact) mass is 577 g/mol. The van der Waals surface area contributed by atoms with Crippen LogP contribution >= 0.6 is 11.3 Å². The maximum atomic E-state index is 2.35. The van der Waals surface area contributed by atoms with Crippen LogP contribution < -0.4 is 4.90 Å². The van der Waals surface area contributed by atoms with E-state index in [4.69, 9.17) is 0 Å². The van der Waals surface area contributed by atoms with Crippen LogP contribution in [0.5, 0.6) is 0 Å². The van der Waals surface area contributed by atoms with E-state index in [-0.39, 0.29) is 0 Å². The highest BCUT2D eigenvalue weighted by molar-refractivity contribution is 7.26. The van der Waals surface area contributed by atoms with E-state index in [2.05, 4.69) is 169 Å². The molecule has 2 heteroatoms. The number of benzene rings is 8. The maximum absolute atomic E-state index is 2.35. The predicted octanol–water partition coefficient (Wildman–Crippen LogP) is 12.7. The molecule has 0 fully saturated rings. The molecule has 1 heterocycles. The van der Waals surface area contributed by atoms with Crippen molar-refractivity contribution in [3.63, 3.8) is 0 Å². The van der Waals surface area contributed by atoms with E-state index in [9.17, 15) is 0 Å². The van der Waals surface area contributed by atoms with Gasteiger partial charge in [0, 0.05) is 37.2 Å². The summed E-state index contributed by atoms with van der Waals surface area (Å²) in [5, 5.41) is 10.3. The Morgan fingerprint density at radius 3 is 1.82 bits per heavy atom. The van der Waals surface area contributed by atoms with Gasteiger partial charge in [0.25, 0.3) is 0 Å². The zero-order chi connectivity index (χ0) is 29.0. The third-order valence-electron chi connectivity index (χ3n) is 8.84. The third kappa shape index (κ3) is 4.00. The summed E-state index contributed by atoms with van der Waals surface area (Å²) < 4.78 is 2.68. The molecule has 0 saturated heterocycles. The zero-order valence-electron chi connectivity index (χ0n) is 23.9. The van der Waals surface area contributed by atoms with Crippen molar-refractivity contribution in [1.29, 1.82) is 0 Å². The Morgan fingerprint density at radius 1 is 0.364 bits per heavy atom. The summed E-state index contributed by atoms with van der Waals surface area (Å²) in [5.41, 5.74) is 5.93. The van der Waals surface area contributed by atoms with E-state index < -0.39 is 0 Å². The lowest BCUT2D eigenvalue weighted by atomic mass is 9.96. The van der Waals surface area contributed by atoms with Gasteiger partial charge < -0.3 is 4.90 Å². The highest BCUT2D eigenvalue weighted by Gasteiger charge is 2.15. The zero-order valence-corrected chi connectivity index (χ0v) is 24.8. The van der Waals surface area contributed by atoms with Gasteiger partial charge in [0.1, 0.15) is 0 Å². The van der Waals surface area contributed by atoms with Crippen molar-refractivity contribution in [2.24, 2.45) is 0 Å². The van der Waals surface area contributed by atoms with Crippen LogP contribution in [0, 0.1) is 0 Å². The molecule has 9 rings (SSSR count). The van der Waals surface area contributed by atoms with Gasteiger partial charge in [0.15, 0.2) is 0 Å². The average molecular weight is 578 g/mol. The third-order valence-corrected chi connectivity index (χ3v) is 10.1. The van der Waals surface area contributed by atoms with E-state index in [1.807, 2.05) is 11.3 Å². The average Bonchev–Trinajstić information content (AvgIpc) is 3.48. The SMILES string of the molecule is c1ccc(N(c2ccc(-c3cccc4c3sc3ccccc34)cc2)c2ccc3c(ccc4c5ccccc5ccc34)c2)cc1. The molecule has 1 nitrogen and oxygen atoms in total. The summed E-state index contributed by atoms with van der Waals surface area (Å²) in [5.74, 6) is 0. The Labute approximate surface area is 259 Å². The lowest BCUT2D eigenvalue weighted by Gasteiger charge is -2.26. The summed E-state index contributed by atoms with van der Waals surface area (Å²) in [4.78, 5) is 2.35. The van der Waals surface area contributed by atoms with Crippen LogP contribution in [0.2, 0.25) is 0 Å². The van der Waals surface area contributed by atoms with E-state index in [1.165, 1.54) is 63.6 Å². The van der Waals surface area contributed by atoms with Crippen molar-refractivity contribution in [2.45, 2.75) is 0 Å². The number of para-hydroxylation sites is 1. The number of nitrogens with zero attached hydrogens (tertiary/aromatic N) is 1.